The molecule has 1 atom stereocenters. The standard InChI is InChI=1S/C37H36Cl2N2O9S/c1-6-46-29-15-22(9-13-27(29)49-19-24-10-12-25(38)18-26(24)39)16-31-35(43)41-34(33(36(44)48-8-3)21(4)40-37(41)51-31)23-11-14-28(30(17-23)47-7-2)50-20-32(42)45-5/h9-18,34H,6-8,19-20H2,1-5H3/b31-16-/t34-/m0/s1. The molecule has 268 valence electrons. The van der Waals surface area contributed by atoms with Gasteiger partial charge in [0.25, 0.3) is 5.56 Å². The summed E-state index contributed by atoms with van der Waals surface area (Å²) in [4.78, 5) is 44.4. The van der Waals surface area contributed by atoms with Crippen LogP contribution in [0.2, 0.25) is 10.0 Å². The molecular weight excluding hydrogens is 719 g/mol. The molecule has 0 amide bonds. The molecule has 0 radical (unpaired) electrons. The minimum absolute atomic E-state index is 0.131. The maximum absolute atomic E-state index is 14.2. The maximum Gasteiger partial charge on any atom is 0.343 e. The van der Waals surface area contributed by atoms with Crippen molar-refractivity contribution in [1.82, 2.24) is 4.57 Å². The van der Waals surface area contributed by atoms with E-state index in [-0.39, 0.29) is 31.0 Å². The average Bonchev–Trinajstić information content (AvgIpc) is 3.40. The molecule has 0 saturated heterocycles. The molecule has 0 fully saturated rings. The minimum Gasteiger partial charge on any atom is -0.490 e. The summed E-state index contributed by atoms with van der Waals surface area (Å²) in [7, 11) is 1.27. The lowest BCUT2D eigenvalue weighted by atomic mass is 9.95. The number of nitrogens with zero attached hydrogens (tertiary/aromatic N) is 2. The molecule has 0 saturated carbocycles. The fourth-order valence-corrected chi connectivity index (χ4v) is 6.84. The Kier molecular flexibility index (Phi) is 12.5. The summed E-state index contributed by atoms with van der Waals surface area (Å²) < 4.78 is 35.4. The van der Waals surface area contributed by atoms with Gasteiger partial charge >= 0.3 is 11.9 Å². The van der Waals surface area contributed by atoms with Crippen molar-refractivity contribution < 1.29 is 38.0 Å². The number of hydrogen-bond acceptors (Lipinski definition) is 11. The van der Waals surface area contributed by atoms with Crippen molar-refractivity contribution in [3.8, 4) is 23.0 Å². The quantitative estimate of drug-likeness (QED) is 0.142. The topological polar surface area (TPSA) is 124 Å². The first-order chi connectivity index (χ1) is 24.6. The normalized spacial score (nSPS) is 14.0. The van der Waals surface area contributed by atoms with E-state index in [0.717, 1.165) is 5.56 Å². The van der Waals surface area contributed by atoms with Crippen molar-refractivity contribution in [2.24, 2.45) is 4.99 Å². The first-order valence-corrected chi connectivity index (χ1v) is 17.6. The fraction of sp³-hybridized carbons (Fsp3) is 0.297. The number of esters is 2. The van der Waals surface area contributed by atoms with Crippen molar-refractivity contribution in [3.63, 3.8) is 0 Å². The van der Waals surface area contributed by atoms with Crippen molar-refractivity contribution in [2.75, 3.05) is 33.5 Å². The highest BCUT2D eigenvalue weighted by molar-refractivity contribution is 7.07. The summed E-state index contributed by atoms with van der Waals surface area (Å²) >= 11 is 13.6. The first kappa shape index (κ1) is 37.5. The molecule has 3 aromatic carbocycles. The van der Waals surface area contributed by atoms with Crippen LogP contribution in [-0.4, -0.2) is 50.0 Å². The Morgan fingerprint density at radius 3 is 2.27 bits per heavy atom. The van der Waals surface area contributed by atoms with Crippen LogP contribution in [0.1, 0.15) is 50.4 Å². The van der Waals surface area contributed by atoms with Crippen LogP contribution in [0, 0.1) is 0 Å². The molecular formula is C37H36Cl2N2O9S. The summed E-state index contributed by atoms with van der Waals surface area (Å²) in [6.45, 7) is 7.76. The van der Waals surface area contributed by atoms with Gasteiger partial charge in [-0.2, -0.15) is 0 Å². The van der Waals surface area contributed by atoms with Gasteiger partial charge in [0.15, 0.2) is 34.4 Å². The number of thiazole rings is 1. The van der Waals surface area contributed by atoms with Gasteiger partial charge in [-0.25, -0.2) is 14.6 Å². The molecule has 11 nitrogen and oxygen atoms in total. The zero-order valence-electron chi connectivity index (χ0n) is 28.6. The number of hydrogen-bond donors (Lipinski definition) is 0. The van der Waals surface area contributed by atoms with E-state index in [1.54, 1.807) is 75.4 Å². The van der Waals surface area contributed by atoms with E-state index in [0.29, 0.717) is 72.4 Å². The van der Waals surface area contributed by atoms with E-state index in [4.69, 9.17) is 46.9 Å². The van der Waals surface area contributed by atoms with E-state index in [1.165, 1.54) is 23.0 Å². The number of aromatic nitrogens is 1. The Morgan fingerprint density at radius 2 is 1.59 bits per heavy atom. The maximum atomic E-state index is 14.2. The molecule has 1 aliphatic heterocycles. The van der Waals surface area contributed by atoms with E-state index in [1.807, 2.05) is 13.0 Å². The Bertz CT molecular complexity index is 2160. The molecule has 0 spiro atoms. The smallest absolute Gasteiger partial charge is 0.343 e. The lowest BCUT2D eigenvalue weighted by Crippen LogP contribution is -2.40. The second kappa shape index (κ2) is 17.0. The summed E-state index contributed by atoms with van der Waals surface area (Å²) in [5.41, 5.74) is 2.26. The van der Waals surface area contributed by atoms with Gasteiger partial charge in [0.1, 0.15) is 6.61 Å². The van der Waals surface area contributed by atoms with Crippen LogP contribution in [0.3, 0.4) is 0 Å². The molecule has 1 aliphatic rings. The average molecular weight is 756 g/mol. The minimum atomic E-state index is -0.897. The van der Waals surface area contributed by atoms with Gasteiger partial charge in [0, 0.05) is 15.6 Å². The fourth-order valence-electron chi connectivity index (χ4n) is 5.33. The number of methoxy groups -OCH3 is 1. The van der Waals surface area contributed by atoms with E-state index in [9.17, 15) is 14.4 Å². The molecule has 0 bridgehead atoms. The number of fused-ring (bicyclic) bond motifs is 1. The predicted octanol–water partition coefficient (Wildman–Crippen LogP) is 6.03. The third-order valence-electron chi connectivity index (χ3n) is 7.64. The largest absolute Gasteiger partial charge is 0.490 e. The Labute approximate surface area is 308 Å². The third kappa shape index (κ3) is 8.58. The van der Waals surface area contributed by atoms with Crippen LogP contribution < -0.4 is 33.8 Å². The Morgan fingerprint density at radius 1 is 0.882 bits per heavy atom. The van der Waals surface area contributed by atoms with Crippen molar-refractivity contribution in [2.45, 2.75) is 40.3 Å². The molecule has 0 unspecified atom stereocenters. The number of allylic oxidation sites excluding steroid dienone is 1. The Balaban J connectivity index is 1.56. The molecule has 0 N–H and O–H groups in total. The highest BCUT2D eigenvalue weighted by Gasteiger charge is 2.34. The lowest BCUT2D eigenvalue weighted by Gasteiger charge is -2.25. The van der Waals surface area contributed by atoms with Gasteiger partial charge in [0.2, 0.25) is 0 Å². The van der Waals surface area contributed by atoms with Crippen molar-refractivity contribution >= 4 is 52.6 Å². The zero-order valence-corrected chi connectivity index (χ0v) is 30.9. The molecule has 2 heterocycles. The van der Waals surface area contributed by atoms with Gasteiger partial charge in [-0.1, -0.05) is 52.7 Å². The first-order valence-electron chi connectivity index (χ1n) is 16.1. The van der Waals surface area contributed by atoms with Gasteiger partial charge in [-0.15, -0.1) is 0 Å². The SMILES string of the molecule is CCOC(=O)C1=C(C)N=c2s/c(=C\c3ccc(OCc4ccc(Cl)cc4Cl)c(OCC)c3)c(=O)n2[C@H]1c1ccc(OCC(=O)OC)c(OCC)c1. The van der Waals surface area contributed by atoms with Crippen molar-refractivity contribution in [3.05, 3.63) is 112 Å². The van der Waals surface area contributed by atoms with E-state index >= 15 is 0 Å². The molecule has 51 heavy (non-hydrogen) atoms. The van der Waals surface area contributed by atoms with Gasteiger partial charge < -0.3 is 28.4 Å². The van der Waals surface area contributed by atoms with Gasteiger partial charge in [-0.05, 0) is 81.3 Å². The number of rotatable bonds is 14. The molecule has 4 aromatic rings. The van der Waals surface area contributed by atoms with Gasteiger partial charge in [-0.3, -0.25) is 9.36 Å². The summed E-state index contributed by atoms with van der Waals surface area (Å²) in [6.07, 6.45) is 1.74. The molecule has 1 aromatic heterocycles. The Hall–Kier alpha value is -4.78. The number of benzene rings is 3. The van der Waals surface area contributed by atoms with Crippen molar-refractivity contribution in [1.29, 1.82) is 0 Å². The van der Waals surface area contributed by atoms with Crippen LogP contribution in [0.5, 0.6) is 23.0 Å². The molecule has 14 heteroatoms. The monoisotopic (exact) mass is 754 g/mol. The molecule has 0 aliphatic carbocycles. The summed E-state index contributed by atoms with van der Waals surface area (Å²) in [5.74, 6) is 0.448. The molecule has 5 rings (SSSR count). The highest BCUT2D eigenvalue weighted by atomic mass is 35.5. The van der Waals surface area contributed by atoms with Crippen LogP contribution in [-0.2, 0) is 25.7 Å². The number of carbonyl (C=O) groups excluding carboxylic acids is 2. The van der Waals surface area contributed by atoms with E-state index in [2.05, 4.69) is 9.73 Å². The second-order valence-electron chi connectivity index (χ2n) is 11.0. The second-order valence-corrected chi connectivity index (χ2v) is 12.8. The van der Waals surface area contributed by atoms with E-state index < -0.39 is 18.0 Å². The summed E-state index contributed by atoms with van der Waals surface area (Å²) in [5, 5.41) is 1.02. The summed E-state index contributed by atoms with van der Waals surface area (Å²) in [6, 6.07) is 14.7. The number of carbonyl (C=O) groups is 2. The lowest BCUT2D eigenvalue weighted by molar-refractivity contribution is -0.143. The number of ether oxygens (including phenoxy) is 6. The zero-order chi connectivity index (χ0) is 36.7. The predicted molar refractivity (Wildman–Crippen MR) is 194 cm³/mol. The van der Waals surface area contributed by atoms with Crippen LogP contribution in [0.25, 0.3) is 6.08 Å². The third-order valence-corrected chi connectivity index (χ3v) is 9.21. The van der Waals surface area contributed by atoms with Crippen LogP contribution in [0.4, 0.5) is 0 Å². The van der Waals surface area contributed by atoms with Gasteiger partial charge in [0.05, 0.1) is 48.8 Å². The van der Waals surface area contributed by atoms with Crippen LogP contribution >= 0.6 is 34.5 Å². The number of halogens is 2. The highest BCUT2D eigenvalue weighted by Crippen LogP contribution is 2.37. The van der Waals surface area contributed by atoms with Crippen LogP contribution in [0.15, 0.2) is 75.7 Å².